The molecule has 0 radical (unpaired) electrons. The number of rotatable bonds is 2. The molecule has 0 atom stereocenters. The van der Waals surface area contributed by atoms with Gasteiger partial charge in [0.05, 0.1) is 0 Å². The van der Waals surface area contributed by atoms with Crippen LogP contribution in [0.1, 0.15) is 0 Å². The highest BCUT2D eigenvalue weighted by atomic mass is 32.1. The summed E-state index contributed by atoms with van der Waals surface area (Å²) in [7, 11) is 0. The fourth-order valence-electron chi connectivity index (χ4n) is 1.71. The van der Waals surface area contributed by atoms with Gasteiger partial charge in [-0.05, 0) is 12.1 Å². The van der Waals surface area contributed by atoms with E-state index in [0.29, 0.717) is 16.8 Å². The van der Waals surface area contributed by atoms with Crippen molar-refractivity contribution in [3.05, 3.63) is 54.9 Å². The minimum Gasteiger partial charge on any atom is -0.265 e. The quantitative estimate of drug-likeness (QED) is 0.725. The smallest absolute Gasteiger partial charge is 0.188 e. The summed E-state index contributed by atoms with van der Waals surface area (Å²) in [6.07, 6.45) is 3.42. The Kier molecular flexibility index (Phi) is 3.20. The summed E-state index contributed by atoms with van der Waals surface area (Å²) in [6, 6.07) is 13.5. The van der Waals surface area contributed by atoms with Gasteiger partial charge in [0.15, 0.2) is 16.8 Å². The van der Waals surface area contributed by atoms with Gasteiger partial charge in [-0.15, -0.1) is 12.6 Å². The molecule has 1 aromatic carbocycles. The van der Waals surface area contributed by atoms with E-state index in [4.69, 9.17) is 0 Å². The topological polar surface area (TPSA) is 51.6 Å². The molecular formula is C14H10N4S. The highest BCUT2D eigenvalue weighted by molar-refractivity contribution is 7.80. The van der Waals surface area contributed by atoms with Gasteiger partial charge in [-0.3, -0.25) is 4.98 Å². The Morgan fingerprint density at radius 2 is 1.26 bits per heavy atom. The van der Waals surface area contributed by atoms with Crippen LogP contribution in [0.4, 0.5) is 0 Å². The van der Waals surface area contributed by atoms with Crippen LogP contribution < -0.4 is 0 Å². The van der Waals surface area contributed by atoms with Crippen molar-refractivity contribution < 1.29 is 0 Å². The molecule has 3 rings (SSSR count). The Morgan fingerprint density at radius 3 is 1.89 bits per heavy atom. The summed E-state index contributed by atoms with van der Waals surface area (Å²) in [5.41, 5.74) is 1.83. The van der Waals surface area contributed by atoms with E-state index in [1.54, 1.807) is 12.4 Å². The maximum Gasteiger partial charge on any atom is 0.188 e. The molecule has 0 saturated carbocycles. The van der Waals surface area contributed by atoms with E-state index in [0.717, 1.165) is 11.1 Å². The van der Waals surface area contributed by atoms with Crippen LogP contribution in [-0.2, 0) is 0 Å². The highest BCUT2D eigenvalue weighted by Crippen LogP contribution is 2.20. The van der Waals surface area contributed by atoms with Gasteiger partial charge >= 0.3 is 0 Å². The number of hydrogen-bond acceptors (Lipinski definition) is 5. The van der Waals surface area contributed by atoms with Crippen LogP contribution in [0.25, 0.3) is 22.8 Å². The van der Waals surface area contributed by atoms with Gasteiger partial charge in [0.25, 0.3) is 0 Å². The van der Waals surface area contributed by atoms with Gasteiger partial charge in [0.1, 0.15) is 0 Å². The molecule has 0 saturated heterocycles. The van der Waals surface area contributed by atoms with Crippen LogP contribution in [0.15, 0.2) is 60.0 Å². The van der Waals surface area contributed by atoms with Crippen molar-refractivity contribution >= 4 is 12.6 Å². The van der Waals surface area contributed by atoms with Crippen LogP contribution in [0.2, 0.25) is 0 Å². The maximum absolute atomic E-state index is 4.48. The maximum atomic E-state index is 4.48. The van der Waals surface area contributed by atoms with Gasteiger partial charge < -0.3 is 0 Å². The van der Waals surface area contributed by atoms with Gasteiger partial charge in [-0.1, -0.05) is 30.3 Å². The van der Waals surface area contributed by atoms with Crippen molar-refractivity contribution in [2.75, 3.05) is 0 Å². The molecule has 0 aliphatic rings. The second-order valence-corrected chi connectivity index (χ2v) is 4.28. The minimum absolute atomic E-state index is 0.403. The van der Waals surface area contributed by atoms with Crippen LogP contribution in [0.5, 0.6) is 0 Å². The summed E-state index contributed by atoms with van der Waals surface area (Å²) in [6.45, 7) is 0. The zero-order valence-electron chi connectivity index (χ0n) is 9.93. The van der Waals surface area contributed by atoms with Gasteiger partial charge in [-0.2, -0.15) is 0 Å². The molecular weight excluding hydrogens is 256 g/mol. The van der Waals surface area contributed by atoms with E-state index < -0.39 is 0 Å². The normalized spacial score (nSPS) is 10.4. The van der Waals surface area contributed by atoms with Crippen LogP contribution >= 0.6 is 12.6 Å². The van der Waals surface area contributed by atoms with Crippen molar-refractivity contribution in [1.82, 2.24) is 19.9 Å². The van der Waals surface area contributed by atoms with E-state index in [1.807, 2.05) is 42.5 Å². The molecule has 2 heterocycles. The van der Waals surface area contributed by atoms with E-state index in [2.05, 4.69) is 32.6 Å². The Bertz CT molecular complexity index is 629. The van der Waals surface area contributed by atoms with Crippen LogP contribution in [-0.4, -0.2) is 19.9 Å². The lowest BCUT2D eigenvalue weighted by molar-refractivity contribution is 0.926. The number of hydrogen-bond donors (Lipinski definition) is 1. The zero-order chi connectivity index (χ0) is 13.1. The largest absolute Gasteiger partial charge is 0.265 e. The van der Waals surface area contributed by atoms with Crippen molar-refractivity contribution in [2.24, 2.45) is 0 Å². The third kappa shape index (κ3) is 2.61. The van der Waals surface area contributed by atoms with Crippen molar-refractivity contribution in [3.8, 4) is 22.8 Å². The molecule has 5 heteroatoms. The first-order valence-electron chi connectivity index (χ1n) is 5.74. The van der Waals surface area contributed by atoms with Crippen molar-refractivity contribution in [3.63, 3.8) is 0 Å². The predicted molar refractivity (Wildman–Crippen MR) is 75.7 cm³/mol. The van der Waals surface area contributed by atoms with Crippen LogP contribution in [0, 0.1) is 0 Å². The third-order valence-corrected chi connectivity index (χ3v) is 2.79. The Hall–Kier alpha value is -2.27. The Morgan fingerprint density at radius 1 is 0.684 bits per heavy atom. The van der Waals surface area contributed by atoms with Crippen LogP contribution in [0.3, 0.4) is 0 Å². The first kappa shape index (κ1) is 11.8. The Balaban J connectivity index is 2.12. The molecule has 19 heavy (non-hydrogen) atoms. The molecule has 0 bridgehead atoms. The number of aromatic nitrogens is 4. The summed E-state index contributed by atoms with van der Waals surface area (Å²) < 4.78 is 0. The number of pyridine rings is 1. The minimum atomic E-state index is 0.403. The lowest BCUT2D eigenvalue weighted by atomic mass is 10.2. The summed E-state index contributed by atoms with van der Waals surface area (Å²) >= 11 is 4.25. The molecule has 3 aromatic rings. The first-order valence-corrected chi connectivity index (χ1v) is 6.18. The number of benzene rings is 1. The molecule has 92 valence electrons. The second kappa shape index (κ2) is 5.16. The van der Waals surface area contributed by atoms with E-state index in [9.17, 15) is 0 Å². The molecule has 4 nitrogen and oxygen atoms in total. The van der Waals surface area contributed by atoms with Gasteiger partial charge in [0.2, 0.25) is 0 Å². The molecule has 0 aliphatic heterocycles. The summed E-state index contributed by atoms with van der Waals surface area (Å²) in [5, 5.41) is 0.403. The van der Waals surface area contributed by atoms with E-state index in [1.165, 1.54) is 0 Å². The van der Waals surface area contributed by atoms with Gasteiger partial charge in [0, 0.05) is 23.5 Å². The summed E-state index contributed by atoms with van der Waals surface area (Å²) in [4.78, 5) is 17.0. The summed E-state index contributed by atoms with van der Waals surface area (Å²) in [5.74, 6) is 1.22. The monoisotopic (exact) mass is 266 g/mol. The van der Waals surface area contributed by atoms with E-state index >= 15 is 0 Å². The van der Waals surface area contributed by atoms with Crippen molar-refractivity contribution in [2.45, 2.75) is 5.16 Å². The number of nitrogens with zero attached hydrogens (tertiary/aromatic N) is 4. The average molecular weight is 266 g/mol. The van der Waals surface area contributed by atoms with Gasteiger partial charge in [-0.25, -0.2) is 15.0 Å². The Labute approximate surface area is 116 Å². The molecule has 0 aliphatic carbocycles. The molecule has 0 fully saturated rings. The molecule has 2 aromatic heterocycles. The molecule has 0 spiro atoms. The third-order valence-electron chi connectivity index (χ3n) is 2.59. The molecule has 0 amide bonds. The molecule has 0 N–H and O–H groups in total. The highest BCUT2D eigenvalue weighted by Gasteiger charge is 2.07. The number of thiol groups is 1. The lowest BCUT2D eigenvalue weighted by Crippen LogP contribution is -1.97. The van der Waals surface area contributed by atoms with E-state index in [-0.39, 0.29) is 0 Å². The predicted octanol–water partition coefficient (Wildman–Crippen LogP) is 2.89. The molecule has 0 unspecified atom stereocenters. The fourth-order valence-corrected chi connectivity index (χ4v) is 1.90. The fraction of sp³-hybridized carbons (Fsp3) is 0. The lowest BCUT2D eigenvalue weighted by Gasteiger charge is -2.04. The standard InChI is InChI=1S/C14H10N4S/c19-14-17-12(10-4-2-1-3-5-10)16-13(18-14)11-6-8-15-9-7-11/h1-9H,(H,16,17,18,19). The average Bonchev–Trinajstić information content (AvgIpc) is 2.48. The second-order valence-electron chi connectivity index (χ2n) is 3.88. The zero-order valence-corrected chi connectivity index (χ0v) is 10.8. The van der Waals surface area contributed by atoms with Crippen molar-refractivity contribution in [1.29, 1.82) is 0 Å². The SMILES string of the molecule is Sc1nc(-c2ccccc2)nc(-c2ccncc2)n1. The first-order chi connectivity index (χ1) is 9.33.